The third kappa shape index (κ3) is 11.5. The molecule has 10 heavy (non-hydrogen) atoms. The van der Waals surface area contributed by atoms with Gasteiger partial charge in [0.1, 0.15) is 0 Å². The van der Waals surface area contributed by atoms with Gasteiger partial charge in [0.25, 0.3) is 0 Å². The van der Waals surface area contributed by atoms with Crippen LogP contribution < -0.4 is 0 Å². The molecule has 1 rings (SSSR count). The van der Waals surface area contributed by atoms with Gasteiger partial charge in [-0.25, -0.2) is 0 Å². The molecule has 0 unspecified atom stereocenters. The second-order valence-corrected chi connectivity index (χ2v) is 4.64. The molecule has 0 amide bonds. The third-order valence-electron chi connectivity index (χ3n) is 1.46. The zero-order valence-electron chi connectivity index (χ0n) is 7.20. The third-order valence-corrected chi connectivity index (χ3v) is 2.71. The molecule has 0 aromatic rings. The van der Waals surface area contributed by atoms with Gasteiger partial charge in [-0.15, -0.1) is 0 Å². The Balaban J connectivity index is 0.000000172. The quantitative estimate of drug-likeness (QED) is 0.403. The van der Waals surface area contributed by atoms with Crippen molar-refractivity contribution in [2.75, 3.05) is 0 Å². The molecule has 0 heterocycles. The number of rotatable bonds is 3. The maximum absolute atomic E-state index is 2.45. The average molecular weight is 254 g/mol. The Morgan fingerprint density at radius 3 is 1.50 bits per heavy atom. The molecule has 1 aliphatic carbocycles. The summed E-state index contributed by atoms with van der Waals surface area (Å²) in [6.45, 7) is 4.46. The molecule has 0 atom stereocenters. The molecule has 0 aromatic heterocycles. The Morgan fingerprint density at radius 1 is 1.10 bits per heavy atom. The number of unbranched alkanes of at least 4 members (excludes halogenated alkanes) is 3. The van der Waals surface area contributed by atoms with Crippen molar-refractivity contribution in [1.29, 1.82) is 0 Å². The van der Waals surface area contributed by atoms with Crippen LogP contribution in [-0.2, 0) is 0 Å². The summed E-state index contributed by atoms with van der Waals surface area (Å²) in [6, 6.07) is 0. The van der Waals surface area contributed by atoms with Crippen LogP contribution in [0, 0.1) is 0 Å². The van der Waals surface area contributed by atoms with E-state index in [0.717, 1.165) is 3.92 Å². The molecule has 0 bridgehead atoms. The number of halogens is 1. The summed E-state index contributed by atoms with van der Waals surface area (Å²) in [6.07, 6.45) is 8.48. The highest BCUT2D eigenvalue weighted by Crippen LogP contribution is 2.28. The van der Waals surface area contributed by atoms with Gasteiger partial charge < -0.3 is 0 Å². The van der Waals surface area contributed by atoms with Crippen LogP contribution in [0.4, 0.5) is 0 Å². The van der Waals surface area contributed by atoms with Crippen molar-refractivity contribution in [3.8, 4) is 0 Å². The largest absolute Gasteiger partial charge is 0.0826 e. The molecule has 0 spiro atoms. The lowest BCUT2D eigenvalue weighted by atomic mass is 10.2. The van der Waals surface area contributed by atoms with Crippen LogP contribution >= 0.6 is 22.6 Å². The lowest BCUT2D eigenvalue weighted by Gasteiger charge is -1.86. The predicted molar refractivity (Wildman–Crippen MR) is 56.9 cm³/mol. The lowest BCUT2D eigenvalue weighted by molar-refractivity contribution is 0.702. The van der Waals surface area contributed by atoms with Crippen molar-refractivity contribution < 1.29 is 0 Å². The van der Waals surface area contributed by atoms with Crippen molar-refractivity contribution in [3.05, 3.63) is 0 Å². The van der Waals surface area contributed by atoms with E-state index in [1.165, 1.54) is 38.5 Å². The van der Waals surface area contributed by atoms with E-state index in [9.17, 15) is 0 Å². The molecule has 0 aliphatic heterocycles. The zero-order valence-corrected chi connectivity index (χ0v) is 9.36. The van der Waals surface area contributed by atoms with Crippen molar-refractivity contribution in [1.82, 2.24) is 0 Å². The lowest BCUT2D eigenvalue weighted by Crippen LogP contribution is -1.66. The highest BCUT2D eigenvalue weighted by molar-refractivity contribution is 14.1. The van der Waals surface area contributed by atoms with Gasteiger partial charge in [0.15, 0.2) is 0 Å². The van der Waals surface area contributed by atoms with E-state index in [0.29, 0.717) is 0 Å². The second kappa shape index (κ2) is 7.83. The van der Waals surface area contributed by atoms with Crippen LogP contribution in [0.3, 0.4) is 0 Å². The van der Waals surface area contributed by atoms with Gasteiger partial charge in [0, 0.05) is 3.92 Å². The van der Waals surface area contributed by atoms with E-state index in [-0.39, 0.29) is 0 Å². The molecule has 1 saturated carbocycles. The van der Waals surface area contributed by atoms with Crippen LogP contribution in [0.1, 0.15) is 52.4 Å². The molecular weight excluding hydrogens is 235 g/mol. The maximum atomic E-state index is 2.45. The molecule has 0 N–H and O–H groups in total. The fourth-order valence-electron chi connectivity index (χ4n) is 0.563. The Hall–Kier alpha value is 0.730. The summed E-state index contributed by atoms with van der Waals surface area (Å²) in [4.78, 5) is 0. The van der Waals surface area contributed by atoms with Crippen LogP contribution in [0.25, 0.3) is 0 Å². The SMILES string of the molecule is CCCCCC.IC1CC1. The first-order valence-electron chi connectivity index (χ1n) is 4.45. The summed E-state index contributed by atoms with van der Waals surface area (Å²) in [5.41, 5.74) is 0. The molecule has 1 heteroatoms. The van der Waals surface area contributed by atoms with Crippen molar-refractivity contribution in [3.63, 3.8) is 0 Å². The van der Waals surface area contributed by atoms with Gasteiger partial charge in [-0.1, -0.05) is 62.1 Å². The highest BCUT2D eigenvalue weighted by Gasteiger charge is 2.15. The molecule has 0 aromatic carbocycles. The number of hydrogen-bond acceptors (Lipinski definition) is 0. The van der Waals surface area contributed by atoms with Crippen molar-refractivity contribution in [2.45, 2.75) is 56.3 Å². The van der Waals surface area contributed by atoms with Crippen LogP contribution in [0.2, 0.25) is 0 Å². The Kier molecular flexibility index (Phi) is 8.40. The number of alkyl halides is 1. The first kappa shape index (κ1) is 10.7. The first-order valence-corrected chi connectivity index (χ1v) is 5.69. The predicted octanol–water partition coefficient (Wildman–Crippen LogP) is 4.17. The summed E-state index contributed by atoms with van der Waals surface area (Å²) in [5.74, 6) is 0. The summed E-state index contributed by atoms with van der Waals surface area (Å²) in [7, 11) is 0. The topological polar surface area (TPSA) is 0 Å². The molecule has 0 radical (unpaired) electrons. The van der Waals surface area contributed by atoms with E-state index in [1.54, 1.807) is 0 Å². The van der Waals surface area contributed by atoms with Crippen molar-refractivity contribution in [2.24, 2.45) is 0 Å². The monoisotopic (exact) mass is 254 g/mol. The maximum Gasteiger partial charge on any atom is 0.0110 e. The minimum atomic E-state index is 1.05. The van der Waals surface area contributed by atoms with E-state index in [4.69, 9.17) is 0 Å². The normalized spacial score (nSPS) is 15.9. The molecular formula is C9H19I. The van der Waals surface area contributed by atoms with E-state index in [1.807, 2.05) is 0 Å². The summed E-state index contributed by atoms with van der Waals surface area (Å²) >= 11 is 2.45. The van der Waals surface area contributed by atoms with E-state index >= 15 is 0 Å². The van der Waals surface area contributed by atoms with Crippen molar-refractivity contribution >= 4 is 22.6 Å². The summed E-state index contributed by atoms with van der Waals surface area (Å²) in [5, 5.41) is 0. The van der Waals surface area contributed by atoms with Gasteiger partial charge >= 0.3 is 0 Å². The second-order valence-electron chi connectivity index (χ2n) is 2.88. The van der Waals surface area contributed by atoms with Crippen LogP contribution in [-0.4, -0.2) is 3.92 Å². The highest BCUT2D eigenvalue weighted by atomic mass is 127. The van der Waals surface area contributed by atoms with E-state index in [2.05, 4.69) is 36.4 Å². The first-order chi connectivity index (χ1) is 4.81. The number of hydrogen-bond donors (Lipinski definition) is 0. The Morgan fingerprint density at radius 2 is 1.40 bits per heavy atom. The van der Waals surface area contributed by atoms with Gasteiger partial charge in [0.05, 0.1) is 0 Å². The minimum absolute atomic E-state index is 1.05. The minimum Gasteiger partial charge on any atom is -0.0826 e. The van der Waals surface area contributed by atoms with Gasteiger partial charge in [-0.3, -0.25) is 0 Å². The standard InChI is InChI=1S/C6H14.C3H5I/c1-3-5-6-4-2;4-3-1-2-3/h3-6H2,1-2H3;3H,1-2H2. The molecule has 1 fully saturated rings. The van der Waals surface area contributed by atoms with Crippen LogP contribution in [0.5, 0.6) is 0 Å². The van der Waals surface area contributed by atoms with Gasteiger partial charge in [-0.2, -0.15) is 0 Å². The Bertz CT molecular complexity index is 53.7. The fourth-order valence-corrected chi connectivity index (χ4v) is 0.923. The Labute approximate surface area is 78.9 Å². The zero-order chi connectivity index (χ0) is 7.82. The molecule has 62 valence electrons. The van der Waals surface area contributed by atoms with E-state index < -0.39 is 0 Å². The smallest absolute Gasteiger partial charge is 0.0110 e. The molecule has 1 aliphatic rings. The van der Waals surface area contributed by atoms with Crippen LogP contribution in [0.15, 0.2) is 0 Å². The van der Waals surface area contributed by atoms with Gasteiger partial charge in [0.2, 0.25) is 0 Å². The summed E-state index contributed by atoms with van der Waals surface area (Å²) < 4.78 is 1.05. The average Bonchev–Trinajstić information content (AvgIpc) is 2.69. The fraction of sp³-hybridized carbons (Fsp3) is 1.00. The molecule has 0 saturated heterocycles. The molecule has 0 nitrogen and oxygen atoms in total. The van der Waals surface area contributed by atoms with Gasteiger partial charge in [-0.05, 0) is 12.8 Å².